The molecule has 0 atom stereocenters. The second kappa shape index (κ2) is 31.7. The minimum absolute atomic E-state index is 0.237. The number of carbonyl (C=O) groups is 1. The minimum atomic E-state index is 0.237. The van der Waals surface area contributed by atoms with E-state index in [1.165, 1.54) is 67.0 Å². The van der Waals surface area contributed by atoms with Crippen molar-refractivity contribution in [2.24, 2.45) is 15.0 Å². The van der Waals surface area contributed by atoms with Crippen molar-refractivity contribution in [3.05, 3.63) is 408 Å². The first-order valence-electron chi connectivity index (χ1n) is 38.9. The molecule has 0 saturated heterocycles. The van der Waals surface area contributed by atoms with Crippen LogP contribution in [0.15, 0.2) is 294 Å². The number of nitrogens with one attached hydrogen (secondary N) is 7. The molecule has 19 rings (SSSR count). The van der Waals surface area contributed by atoms with Gasteiger partial charge in [-0.15, -0.1) is 0 Å². The highest BCUT2D eigenvalue weighted by atomic mass is 16.1. The number of aryl methyl sites for hydroxylation is 9. The Hall–Kier alpha value is -14.6. The molecule has 13 heteroatoms. The molecule has 14 aromatic rings. The van der Waals surface area contributed by atoms with Crippen LogP contribution in [-0.4, -0.2) is 69.8 Å². The van der Waals surface area contributed by atoms with Crippen molar-refractivity contribution in [3.63, 3.8) is 0 Å². The molecule has 6 aromatic carbocycles. The standard InChI is InChI=1S/C68H54N8.C18H20N2.C16H12N2O/c1-39-35-41(3)61(42(4)36-39)67-57-27-23-53(73-57)65(47-19-15-45(16-20-47)63(49-11-7-31-69-49)50-12-8-32-70-50)55-25-29-59(75-55)68(62-43(5)37-40(2)38-44(62)6)60-30-26-56(76-60)66(54-24-28-58(67)74-54)48-21-17-46(18-22-48)64(51-13-9-33-71-51)52-14-10-34-72-52;1-12-10-13(2)17(14(3)11-12)18(15-6-4-8-19-15)16-7-5-9-20-16;19-11-12-5-7-13(8-6-12)16(14-3-1-9-17-14)15-4-2-10-18-15/h7-38,69,71,73,76H,1-6H3;4-11,18-20H,1-3H3;1-11,17H/b63-50-,64-52-,65-53?,65-55?,66-54?,66-56?,67-57?,67-58?,68-59?,68-60?;;16-15-. The summed E-state index contributed by atoms with van der Waals surface area (Å²) in [5, 5.41) is 0. The van der Waals surface area contributed by atoms with Crippen molar-refractivity contribution in [1.29, 1.82) is 0 Å². The van der Waals surface area contributed by atoms with Gasteiger partial charge in [0, 0.05) is 145 Å². The lowest BCUT2D eigenvalue weighted by molar-refractivity contribution is 0.112. The summed E-state index contributed by atoms with van der Waals surface area (Å²) in [5.74, 6) is 0.237. The smallest absolute Gasteiger partial charge is 0.150 e. The van der Waals surface area contributed by atoms with E-state index in [1.807, 2.05) is 116 Å². The summed E-state index contributed by atoms with van der Waals surface area (Å²) >= 11 is 0. The number of nitrogens with zero attached hydrogens (tertiary/aromatic N) is 5. The maximum absolute atomic E-state index is 10.7. The Balaban J connectivity index is 0.000000197. The fourth-order valence-corrected chi connectivity index (χ4v) is 17.1. The number of hydrogen-bond donors (Lipinski definition) is 7. The molecule has 8 aromatic heterocycles. The first-order chi connectivity index (χ1) is 56.2. The van der Waals surface area contributed by atoms with Gasteiger partial charge in [0.25, 0.3) is 0 Å². The van der Waals surface area contributed by atoms with Crippen LogP contribution in [0.25, 0.3) is 108 Å². The Labute approximate surface area is 669 Å². The summed E-state index contributed by atoms with van der Waals surface area (Å²) in [6.07, 6.45) is 36.8. The highest BCUT2D eigenvalue weighted by molar-refractivity contribution is 6.02. The van der Waals surface area contributed by atoms with Crippen LogP contribution in [0.1, 0.15) is 140 Å². The largest absolute Gasteiger partial charge is 0.364 e. The third-order valence-electron chi connectivity index (χ3n) is 21.8. The van der Waals surface area contributed by atoms with E-state index in [0.29, 0.717) is 5.56 Å². The van der Waals surface area contributed by atoms with Gasteiger partial charge >= 0.3 is 0 Å². The van der Waals surface area contributed by atoms with E-state index in [4.69, 9.17) is 20.0 Å². The van der Waals surface area contributed by atoms with Gasteiger partial charge in [0.05, 0.1) is 45.8 Å². The first-order valence-corrected chi connectivity index (χ1v) is 38.9. The zero-order chi connectivity index (χ0) is 78.8. The van der Waals surface area contributed by atoms with Gasteiger partial charge in [0.2, 0.25) is 0 Å². The first kappa shape index (κ1) is 73.3. The van der Waals surface area contributed by atoms with Crippen LogP contribution in [0.4, 0.5) is 0 Å². The van der Waals surface area contributed by atoms with Crippen molar-refractivity contribution < 1.29 is 4.79 Å². The molecule has 115 heavy (non-hydrogen) atoms. The van der Waals surface area contributed by atoms with E-state index in [-0.39, 0.29) is 5.92 Å². The number of carbonyl (C=O) groups excluding carboxylic acids is 1. The SMILES string of the molecule is Cc1cc(C)c(-c2c3nc(c(-c4ccc(/C(=C5\C=CC=N5)c5ccc[nH]5)cc4)c4ccc([nH]4)c(-c4c(C)cc(C)cc4C)c4nc(c(-c5ccc(/C(=C6\C=CC=N6)c6ccc[nH]6)cc5)c5ccc2[nH]5)C=C4)C=C3)c(C)c1.Cc1cc(C)c(C(c2ccc[nH]2)c2ccc[nH]2)c(C)c1.O=Cc1ccc(/C(=C2\C=CC=N2)c2ccc[nH]2)cc1. The van der Waals surface area contributed by atoms with Gasteiger partial charge in [-0.2, -0.15) is 0 Å². The van der Waals surface area contributed by atoms with Gasteiger partial charge in [-0.3, -0.25) is 19.8 Å². The molecule has 0 radical (unpaired) electrons. The predicted octanol–water partition coefficient (Wildman–Crippen LogP) is 24.3. The number of rotatable bonds is 14. The lowest BCUT2D eigenvalue weighted by Gasteiger charge is -2.21. The number of aromatic nitrogens is 9. The van der Waals surface area contributed by atoms with Crippen LogP contribution in [0.5, 0.6) is 0 Å². The monoisotopic (exact) mass is 1490 g/mol. The van der Waals surface area contributed by atoms with Crippen molar-refractivity contribution in [2.75, 3.05) is 0 Å². The molecule has 8 bridgehead atoms. The van der Waals surface area contributed by atoms with Gasteiger partial charge in [-0.25, -0.2) is 9.97 Å². The summed E-state index contributed by atoms with van der Waals surface area (Å²) in [5.41, 5.74) is 43.5. The lowest BCUT2D eigenvalue weighted by atomic mass is 9.85. The zero-order valence-electron chi connectivity index (χ0n) is 65.7. The second-order valence-corrected chi connectivity index (χ2v) is 29.9. The van der Waals surface area contributed by atoms with Gasteiger partial charge in [0.15, 0.2) is 0 Å². The molecule has 0 unspecified atom stereocenters. The molecular formula is C102H86N12O. The van der Waals surface area contributed by atoms with Gasteiger partial charge in [-0.05, 0) is 286 Å². The third kappa shape index (κ3) is 14.7. The Bertz CT molecular complexity index is 6200. The van der Waals surface area contributed by atoms with Gasteiger partial charge < -0.3 is 34.9 Å². The van der Waals surface area contributed by atoms with Crippen LogP contribution in [-0.2, 0) is 0 Å². The molecular weight excluding hydrogens is 1410 g/mol. The van der Waals surface area contributed by atoms with Crippen LogP contribution in [0, 0.1) is 62.3 Å². The number of aliphatic imine (C=N–C) groups is 3. The number of aldehydes is 1. The Morgan fingerprint density at radius 2 is 0.635 bits per heavy atom. The predicted molar refractivity (Wildman–Crippen MR) is 477 cm³/mol. The Morgan fingerprint density at radius 1 is 0.322 bits per heavy atom. The van der Waals surface area contributed by atoms with Crippen molar-refractivity contribution in [3.8, 4) is 44.5 Å². The Kier molecular flexibility index (Phi) is 20.2. The molecule has 0 fully saturated rings. The fraction of sp³-hybridized carbons (Fsp3) is 0.0980. The number of aromatic amines is 7. The molecule has 0 saturated carbocycles. The summed E-state index contributed by atoms with van der Waals surface area (Å²) < 4.78 is 0. The van der Waals surface area contributed by atoms with E-state index in [2.05, 4.69) is 284 Å². The fourth-order valence-electron chi connectivity index (χ4n) is 17.1. The highest BCUT2D eigenvalue weighted by Gasteiger charge is 2.26. The summed E-state index contributed by atoms with van der Waals surface area (Å²) in [4.78, 5) is 60.7. The second-order valence-electron chi connectivity index (χ2n) is 29.9. The topological polar surface area (TPSA) is 190 Å². The molecule has 0 amide bonds. The molecule has 5 aliphatic rings. The van der Waals surface area contributed by atoms with Crippen LogP contribution in [0.2, 0.25) is 0 Å². The third-order valence-corrected chi connectivity index (χ3v) is 21.8. The molecule has 560 valence electrons. The normalized spacial score (nSPS) is 14.3. The van der Waals surface area contributed by atoms with Crippen molar-refractivity contribution >= 4 is 88.0 Å². The molecule has 5 aliphatic heterocycles. The molecule has 0 aliphatic carbocycles. The van der Waals surface area contributed by atoms with E-state index in [0.717, 1.165) is 163 Å². The molecule has 0 spiro atoms. The summed E-state index contributed by atoms with van der Waals surface area (Å²) in [6, 6.07) is 68.3. The van der Waals surface area contributed by atoms with Crippen molar-refractivity contribution in [1.82, 2.24) is 44.9 Å². The van der Waals surface area contributed by atoms with E-state index in [1.54, 1.807) is 6.21 Å². The van der Waals surface area contributed by atoms with E-state index < -0.39 is 0 Å². The number of H-pyrrole nitrogens is 7. The van der Waals surface area contributed by atoms with Crippen LogP contribution < -0.4 is 0 Å². The van der Waals surface area contributed by atoms with E-state index >= 15 is 0 Å². The molecule has 13 nitrogen and oxygen atoms in total. The number of fused-ring (bicyclic) bond motifs is 8. The highest BCUT2D eigenvalue weighted by Crippen LogP contribution is 2.44. The summed E-state index contributed by atoms with van der Waals surface area (Å²) in [7, 11) is 0. The minimum Gasteiger partial charge on any atom is -0.364 e. The maximum atomic E-state index is 10.7. The quantitative estimate of drug-likeness (QED) is 0.0534. The van der Waals surface area contributed by atoms with Crippen LogP contribution >= 0.6 is 0 Å². The summed E-state index contributed by atoms with van der Waals surface area (Å²) in [6.45, 7) is 19.7. The van der Waals surface area contributed by atoms with Gasteiger partial charge in [0.1, 0.15) is 6.29 Å². The molecule has 13 heterocycles. The van der Waals surface area contributed by atoms with Crippen molar-refractivity contribution in [2.45, 2.75) is 68.2 Å². The van der Waals surface area contributed by atoms with E-state index in [9.17, 15) is 4.79 Å². The van der Waals surface area contributed by atoms with Crippen LogP contribution in [0.3, 0.4) is 0 Å². The molecule has 7 N–H and O–H groups in total. The number of benzene rings is 6. The zero-order valence-corrected chi connectivity index (χ0v) is 65.7. The number of hydrogen-bond acceptors (Lipinski definition) is 6. The number of allylic oxidation sites excluding steroid dienone is 6. The average molecular weight is 1500 g/mol. The lowest BCUT2D eigenvalue weighted by Crippen LogP contribution is -2.08. The van der Waals surface area contributed by atoms with Gasteiger partial charge in [-0.1, -0.05) is 126 Å². The maximum Gasteiger partial charge on any atom is 0.150 e. The average Bonchev–Trinajstić information content (AvgIpc) is 1.62. The Morgan fingerprint density at radius 3 is 0.939 bits per heavy atom.